The minimum absolute atomic E-state index is 0. The first-order valence-corrected chi connectivity index (χ1v) is 7.09. The molecule has 0 aromatic heterocycles. The normalized spacial score (nSPS) is 23.2. The maximum atomic E-state index is 12.1. The first-order valence-electron chi connectivity index (χ1n) is 5.27. The minimum atomic E-state index is -2.78. The summed E-state index contributed by atoms with van der Waals surface area (Å²) < 4.78 is 45.7. The fourth-order valence-electron chi connectivity index (χ4n) is 1.05. The van der Waals surface area contributed by atoms with E-state index in [1.165, 1.54) is 6.92 Å². The Balaban J connectivity index is 0. The molecule has 0 atom stereocenters. The lowest BCUT2D eigenvalue weighted by atomic mass is 10.1. The number of hydrogen-bond acceptors (Lipinski definition) is 5. The van der Waals surface area contributed by atoms with Crippen LogP contribution in [0.25, 0.3) is 0 Å². The number of halogens is 2. The average molecular weight is 301 g/mol. The van der Waals surface area contributed by atoms with E-state index in [9.17, 15) is 17.2 Å². The third-order valence-electron chi connectivity index (χ3n) is 2.80. The Morgan fingerprint density at radius 2 is 1.53 bits per heavy atom. The summed E-state index contributed by atoms with van der Waals surface area (Å²) in [7, 11) is -0.718. The fraction of sp³-hybridized carbons (Fsp3) is 1.00. The van der Waals surface area contributed by atoms with E-state index in [4.69, 9.17) is 0 Å². The van der Waals surface area contributed by atoms with Gasteiger partial charge in [-0.3, -0.25) is 0 Å². The largest absolute Gasteiger partial charge is 0.304 e. The Morgan fingerprint density at radius 3 is 1.68 bits per heavy atom. The quantitative estimate of drug-likeness (QED) is 0.747. The zero-order valence-electron chi connectivity index (χ0n) is 10.2. The molecule has 0 aromatic rings. The highest BCUT2D eigenvalue weighted by Crippen LogP contribution is 2.41. The molecule has 2 aliphatic rings. The standard InChI is InChI=1S/C5H11NO2S.C4H6F2N2.2CH4/c1-6-2-4-9(7,8)5-3-6;1-3(5,6)4(2)7-8-4;;/h2-5H2,1H3;1-2H3;2*1H4. The van der Waals surface area contributed by atoms with Crippen LogP contribution in [0.3, 0.4) is 0 Å². The molecule has 0 aromatic carbocycles. The second kappa shape index (κ2) is 6.69. The highest BCUT2D eigenvalue weighted by Gasteiger charge is 2.54. The van der Waals surface area contributed by atoms with Crippen molar-refractivity contribution in [2.75, 3.05) is 31.6 Å². The highest BCUT2D eigenvalue weighted by atomic mass is 32.2. The molecule has 0 amide bonds. The van der Waals surface area contributed by atoms with Crippen LogP contribution in [-0.2, 0) is 9.84 Å². The molecule has 1 fully saturated rings. The summed E-state index contributed by atoms with van der Waals surface area (Å²) in [6.07, 6.45) is 0. The lowest BCUT2D eigenvalue weighted by molar-refractivity contribution is -0.0185. The summed E-state index contributed by atoms with van der Waals surface area (Å²) in [6.45, 7) is 3.50. The first kappa shape index (κ1) is 20.7. The molecule has 0 aliphatic carbocycles. The summed E-state index contributed by atoms with van der Waals surface area (Å²) in [4.78, 5) is 2.03. The van der Waals surface area contributed by atoms with Crippen molar-refractivity contribution >= 4 is 9.84 Å². The van der Waals surface area contributed by atoms with E-state index in [0.29, 0.717) is 24.6 Å². The van der Waals surface area contributed by atoms with E-state index in [-0.39, 0.29) is 14.9 Å². The van der Waals surface area contributed by atoms with Gasteiger partial charge >= 0.3 is 0 Å². The summed E-state index contributed by atoms with van der Waals surface area (Å²) in [5.74, 6) is -2.11. The fourth-order valence-corrected chi connectivity index (χ4v) is 2.44. The van der Waals surface area contributed by atoms with Crippen molar-refractivity contribution in [2.24, 2.45) is 10.2 Å². The van der Waals surface area contributed by atoms with Gasteiger partial charge in [-0.25, -0.2) is 17.2 Å². The van der Waals surface area contributed by atoms with Gasteiger partial charge in [-0.2, -0.15) is 10.2 Å². The highest BCUT2D eigenvalue weighted by molar-refractivity contribution is 7.91. The number of nitrogens with zero attached hydrogens (tertiary/aromatic N) is 3. The number of alkyl halides is 2. The van der Waals surface area contributed by atoms with Gasteiger partial charge in [0.05, 0.1) is 11.5 Å². The van der Waals surface area contributed by atoms with Gasteiger partial charge in [0, 0.05) is 20.0 Å². The Labute approximate surface area is 115 Å². The second-order valence-electron chi connectivity index (χ2n) is 4.56. The molecule has 0 spiro atoms. The SMILES string of the molecule is C.C.CC(F)(F)C1(C)N=N1.CN1CCS(=O)(=O)CC1. The smallest absolute Gasteiger partial charge is 0.293 e. The lowest BCUT2D eigenvalue weighted by Crippen LogP contribution is -2.37. The van der Waals surface area contributed by atoms with Crippen molar-refractivity contribution < 1.29 is 17.2 Å². The summed E-state index contributed by atoms with van der Waals surface area (Å²) in [5, 5.41) is 6.36. The molecule has 0 bridgehead atoms. The van der Waals surface area contributed by atoms with Gasteiger partial charge in [0.25, 0.3) is 5.92 Å². The number of rotatable bonds is 1. The predicted octanol–water partition coefficient (Wildman–Crippen LogP) is 2.44. The van der Waals surface area contributed by atoms with Crippen molar-refractivity contribution in [3.8, 4) is 0 Å². The average Bonchev–Trinajstić information content (AvgIpc) is 2.91. The van der Waals surface area contributed by atoms with Gasteiger partial charge in [-0.15, -0.1) is 0 Å². The zero-order valence-corrected chi connectivity index (χ0v) is 11.0. The van der Waals surface area contributed by atoms with Crippen LogP contribution in [0.2, 0.25) is 0 Å². The molecule has 2 rings (SSSR count). The van der Waals surface area contributed by atoms with Gasteiger partial charge in [0.15, 0.2) is 9.84 Å². The van der Waals surface area contributed by atoms with Gasteiger partial charge in [-0.1, -0.05) is 14.9 Å². The number of sulfone groups is 1. The summed E-state index contributed by atoms with van der Waals surface area (Å²) in [5.41, 5.74) is -1.40. The molecular weight excluding hydrogens is 276 g/mol. The maximum Gasteiger partial charge on any atom is 0.293 e. The van der Waals surface area contributed by atoms with Crippen molar-refractivity contribution in [2.45, 2.75) is 40.3 Å². The predicted molar refractivity (Wildman–Crippen MR) is 73.5 cm³/mol. The molecule has 0 unspecified atom stereocenters. The summed E-state index contributed by atoms with van der Waals surface area (Å²) in [6, 6.07) is 0. The monoisotopic (exact) mass is 301 g/mol. The van der Waals surface area contributed by atoms with Crippen LogP contribution in [0.15, 0.2) is 10.2 Å². The second-order valence-corrected chi connectivity index (χ2v) is 6.87. The minimum Gasteiger partial charge on any atom is -0.304 e. The van der Waals surface area contributed by atoms with Crippen molar-refractivity contribution in [3.05, 3.63) is 0 Å². The molecule has 8 heteroatoms. The first-order chi connectivity index (χ1) is 7.56. The van der Waals surface area contributed by atoms with Crippen LogP contribution in [0.1, 0.15) is 28.7 Å². The maximum absolute atomic E-state index is 12.1. The zero-order chi connectivity index (χ0) is 13.3. The van der Waals surface area contributed by atoms with Crippen molar-refractivity contribution in [1.29, 1.82) is 0 Å². The van der Waals surface area contributed by atoms with Crippen LogP contribution in [0, 0.1) is 0 Å². The Morgan fingerprint density at radius 1 is 1.16 bits per heavy atom. The molecule has 116 valence electrons. The van der Waals surface area contributed by atoms with Crippen LogP contribution in [0.4, 0.5) is 8.78 Å². The van der Waals surface area contributed by atoms with Gasteiger partial charge in [0.1, 0.15) is 0 Å². The Bertz CT molecular complexity index is 381. The molecule has 1 saturated heterocycles. The van der Waals surface area contributed by atoms with Crippen LogP contribution >= 0.6 is 0 Å². The summed E-state index contributed by atoms with van der Waals surface area (Å²) >= 11 is 0. The Kier molecular flexibility index (Phi) is 7.29. The van der Waals surface area contributed by atoms with Crippen molar-refractivity contribution in [1.82, 2.24) is 4.90 Å². The third-order valence-corrected chi connectivity index (χ3v) is 4.41. The van der Waals surface area contributed by atoms with E-state index in [0.717, 1.165) is 6.92 Å². The van der Waals surface area contributed by atoms with Crippen molar-refractivity contribution in [3.63, 3.8) is 0 Å². The van der Waals surface area contributed by atoms with Gasteiger partial charge in [0.2, 0.25) is 5.66 Å². The molecule has 0 radical (unpaired) electrons. The van der Waals surface area contributed by atoms with E-state index >= 15 is 0 Å². The van der Waals surface area contributed by atoms with Gasteiger partial charge in [-0.05, 0) is 14.0 Å². The third kappa shape index (κ3) is 6.38. The van der Waals surface area contributed by atoms with E-state index in [1.54, 1.807) is 0 Å². The van der Waals surface area contributed by atoms with Crippen LogP contribution in [0.5, 0.6) is 0 Å². The number of hydrogen-bond donors (Lipinski definition) is 0. The Hall–Kier alpha value is -0.630. The van der Waals surface area contributed by atoms with Crippen LogP contribution < -0.4 is 0 Å². The molecule has 0 saturated carbocycles. The van der Waals surface area contributed by atoms with E-state index in [1.807, 2.05) is 11.9 Å². The molecule has 5 nitrogen and oxygen atoms in total. The molecule has 19 heavy (non-hydrogen) atoms. The van der Waals surface area contributed by atoms with Crippen LogP contribution in [-0.4, -0.2) is 56.5 Å². The van der Waals surface area contributed by atoms with E-state index < -0.39 is 21.4 Å². The molecule has 2 aliphatic heterocycles. The molecule has 0 N–H and O–H groups in total. The molecule has 2 heterocycles. The van der Waals surface area contributed by atoms with E-state index in [2.05, 4.69) is 10.2 Å². The van der Waals surface area contributed by atoms with Gasteiger partial charge < -0.3 is 4.90 Å². The topological polar surface area (TPSA) is 62.1 Å². The lowest BCUT2D eigenvalue weighted by Gasteiger charge is -2.21. The molecular formula is C11H25F2N3O2S.